The van der Waals surface area contributed by atoms with Gasteiger partial charge in [-0.05, 0) is 47.2 Å². The van der Waals surface area contributed by atoms with Crippen LogP contribution in [-0.2, 0) is 20.2 Å². The lowest BCUT2D eigenvalue weighted by Gasteiger charge is -2.03. The fraction of sp³-hybridized carbons (Fsp3) is 0. The summed E-state index contributed by atoms with van der Waals surface area (Å²) in [7, 11) is -8.30. The van der Waals surface area contributed by atoms with Gasteiger partial charge in [-0.25, -0.2) is 0 Å². The monoisotopic (exact) mass is 446 g/mol. The number of hydrogen-bond donors (Lipinski definition) is 4. The molecule has 0 saturated heterocycles. The molecule has 30 heavy (non-hydrogen) atoms. The SMILES string of the molecule is Nc1cccc2cc(S(=O)(=O)O)ccc12.Nc1cccc2cc(S(=O)(=O)O)ccc12. The largest absolute Gasteiger partial charge is 0.398 e. The second-order valence-electron chi connectivity index (χ2n) is 6.41. The molecule has 156 valence electrons. The van der Waals surface area contributed by atoms with Gasteiger partial charge in [0.05, 0.1) is 9.79 Å². The van der Waals surface area contributed by atoms with Crippen LogP contribution in [0.4, 0.5) is 11.4 Å². The van der Waals surface area contributed by atoms with Crippen LogP contribution in [0.25, 0.3) is 21.5 Å². The maximum Gasteiger partial charge on any atom is 0.294 e. The third kappa shape index (κ3) is 4.69. The maximum atomic E-state index is 10.9. The molecule has 0 radical (unpaired) electrons. The summed E-state index contributed by atoms with van der Waals surface area (Å²) in [6.45, 7) is 0. The second-order valence-corrected chi connectivity index (χ2v) is 9.25. The van der Waals surface area contributed by atoms with E-state index in [-0.39, 0.29) is 9.79 Å². The molecule has 0 aromatic heterocycles. The molecule has 0 bridgehead atoms. The van der Waals surface area contributed by atoms with Crippen molar-refractivity contribution in [3.8, 4) is 0 Å². The molecule has 10 heteroatoms. The first kappa shape index (κ1) is 21.5. The predicted molar refractivity (Wildman–Crippen MR) is 116 cm³/mol. The van der Waals surface area contributed by atoms with E-state index in [1.165, 1.54) is 24.3 Å². The minimum atomic E-state index is -4.15. The van der Waals surface area contributed by atoms with Crippen molar-refractivity contribution in [2.75, 3.05) is 11.5 Å². The third-order valence-electron chi connectivity index (χ3n) is 4.37. The van der Waals surface area contributed by atoms with Crippen molar-refractivity contribution in [3.63, 3.8) is 0 Å². The lowest BCUT2D eigenvalue weighted by molar-refractivity contribution is 0.481. The van der Waals surface area contributed by atoms with Gasteiger partial charge < -0.3 is 11.5 Å². The molecular formula is C20H18N2O6S2. The van der Waals surface area contributed by atoms with Crippen LogP contribution in [0.1, 0.15) is 0 Å². The Morgan fingerprint density at radius 2 is 0.933 bits per heavy atom. The molecule has 0 spiro atoms. The molecule has 4 aromatic carbocycles. The molecule has 0 aliphatic carbocycles. The van der Waals surface area contributed by atoms with E-state index in [4.69, 9.17) is 20.6 Å². The highest BCUT2D eigenvalue weighted by molar-refractivity contribution is 7.86. The highest BCUT2D eigenvalue weighted by Gasteiger charge is 2.11. The van der Waals surface area contributed by atoms with Gasteiger partial charge in [0.15, 0.2) is 0 Å². The molecule has 0 aliphatic rings. The molecule has 0 amide bonds. The smallest absolute Gasteiger partial charge is 0.294 e. The van der Waals surface area contributed by atoms with Crippen molar-refractivity contribution in [2.24, 2.45) is 0 Å². The fourth-order valence-electron chi connectivity index (χ4n) is 2.89. The summed E-state index contributed by atoms with van der Waals surface area (Å²) in [5, 5.41) is 2.91. The van der Waals surface area contributed by atoms with Crippen LogP contribution in [0.3, 0.4) is 0 Å². The van der Waals surface area contributed by atoms with E-state index < -0.39 is 20.2 Å². The van der Waals surface area contributed by atoms with Crippen LogP contribution >= 0.6 is 0 Å². The van der Waals surface area contributed by atoms with Crippen LogP contribution in [0.5, 0.6) is 0 Å². The van der Waals surface area contributed by atoms with Crippen molar-refractivity contribution >= 4 is 53.2 Å². The zero-order chi connectivity index (χ0) is 22.1. The molecule has 6 N–H and O–H groups in total. The van der Waals surface area contributed by atoms with Gasteiger partial charge in [-0.2, -0.15) is 16.8 Å². The number of nitrogens with two attached hydrogens (primary N) is 2. The molecular weight excluding hydrogens is 428 g/mol. The quantitative estimate of drug-likeness (QED) is 0.269. The zero-order valence-corrected chi connectivity index (χ0v) is 17.1. The topological polar surface area (TPSA) is 161 Å². The maximum absolute atomic E-state index is 10.9. The van der Waals surface area contributed by atoms with Crippen molar-refractivity contribution in [2.45, 2.75) is 9.79 Å². The Balaban J connectivity index is 0.000000171. The Labute approximate surface area is 173 Å². The van der Waals surface area contributed by atoms with Crippen molar-refractivity contribution in [1.82, 2.24) is 0 Å². The molecule has 8 nitrogen and oxygen atoms in total. The summed E-state index contributed by atoms with van der Waals surface area (Å²) in [6, 6.07) is 19.0. The fourth-order valence-corrected chi connectivity index (χ4v) is 3.93. The number of fused-ring (bicyclic) bond motifs is 2. The highest BCUT2D eigenvalue weighted by atomic mass is 32.2. The molecule has 0 aliphatic heterocycles. The normalized spacial score (nSPS) is 11.8. The molecule has 4 rings (SSSR count). The van der Waals surface area contributed by atoms with E-state index in [9.17, 15) is 16.8 Å². The summed E-state index contributed by atoms with van der Waals surface area (Å²) >= 11 is 0. The Hall–Kier alpha value is -3.18. The Morgan fingerprint density at radius 1 is 0.567 bits per heavy atom. The lowest BCUT2D eigenvalue weighted by atomic mass is 10.1. The van der Waals surface area contributed by atoms with Gasteiger partial charge in [0.1, 0.15) is 0 Å². The predicted octanol–water partition coefficient (Wildman–Crippen LogP) is 3.34. The molecule has 0 unspecified atom stereocenters. The van der Waals surface area contributed by atoms with E-state index >= 15 is 0 Å². The van der Waals surface area contributed by atoms with Crippen LogP contribution in [0.15, 0.2) is 82.6 Å². The minimum Gasteiger partial charge on any atom is -0.398 e. The van der Waals surface area contributed by atoms with Gasteiger partial charge in [0.2, 0.25) is 0 Å². The van der Waals surface area contributed by atoms with E-state index in [1.54, 1.807) is 48.5 Å². The Kier molecular flexibility index (Phi) is 5.68. The number of nitrogen functional groups attached to an aromatic ring is 2. The first-order valence-electron chi connectivity index (χ1n) is 8.48. The van der Waals surface area contributed by atoms with Crippen molar-refractivity contribution < 1.29 is 25.9 Å². The van der Waals surface area contributed by atoms with Crippen LogP contribution in [0.2, 0.25) is 0 Å². The second kappa shape index (κ2) is 7.92. The first-order valence-corrected chi connectivity index (χ1v) is 11.4. The number of benzene rings is 4. The number of rotatable bonds is 2. The molecule has 0 fully saturated rings. The highest BCUT2D eigenvalue weighted by Crippen LogP contribution is 2.24. The molecule has 0 atom stereocenters. The molecule has 0 saturated carbocycles. The Morgan fingerprint density at radius 3 is 1.27 bits per heavy atom. The van der Waals surface area contributed by atoms with Crippen LogP contribution < -0.4 is 11.5 Å². The zero-order valence-electron chi connectivity index (χ0n) is 15.4. The van der Waals surface area contributed by atoms with Gasteiger partial charge in [-0.3, -0.25) is 9.11 Å². The molecule has 4 aromatic rings. The Bertz CT molecular complexity index is 1350. The number of anilines is 2. The summed E-state index contributed by atoms with van der Waals surface area (Å²) in [5.74, 6) is 0. The standard InChI is InChI=1S/2C10H9NO3S/c2*11-10-3-1-2-7-6-8(15(12,13)14)4-5-9(7)10/h2*1-6H,11H2,(H,12,13,14). The van der Waals surface area contributed by atoms with E-state index in [1.807, 2.05) is 0 Å². The van der Waals surface area contributed by atoms with E-state index in [0.29, 0.717) is 22.1 Å². The van der Waals surface area contributed by atoms with Gasteiger partial charge in [-0.15, -0.1) is 0 Å². The summed E-state index contributed by atoms with van der Waals surface area (Å²) in [4.78, 5) is -0.249. The summed E-state index contributed by atoms with van der Waals surface area (Å²) in [5.41, 5.74) is 12.6. The van der Waals surface area contributed by atoms with Gasteiger partial charge >= 0.3 is 0 Å². The molecule has 0 heterocycles. The van der Waals surface area contributed by atoms with Gasteiger partial charge in [-0.1, -0.05) is 36.4 Å². The van der Waals surface area contributed by atoms with Crippen LogP contribution in [-0.4, -0.2) is 25.9 Å². The number of hydrogen-bond acceptors (Lipinski definition) is 6. The van der Waals surface area contributed by atoms with E-state index in [0.717, 1.165) is 10.8 Å². The van der Waals surface area contributed by atoms with Crippen molar-refractivity contribution in [3.05, 3.63) is 72.8 Å². The van der Waals surface area contributed by atoms with Gasteiger partial charge in [0.25, 0.3) is 20.2 Å². The average molecular weight is 447 g/mol. The van der Waals surface area contributed by atoms with Crippen LogP contribution in [0, 0.1) is 0 Å². The lowest BCUT2D eigenvalue weighted by Crippen LogP contribution is -1.97. The van der Waals surface area contributed by atoms with Crippen molar-refractivity contribution in [1.29, 1.82) is 0 Å². The average Bonchev–Trinajstić information content (AvgIpc) is 2.67. The third-order valence-corrected chi connectivity index (χ3v) is 6.07. The first-order chi connectivity index (χ1) is 14.0. The van der Waals surface area contributed by atoms with E-state index in [2.05, 4.69) is 0 Å². The summed E-state index contributed by atoms with van der Waals surface area (Å²) < 4.78 is 61.3. The minimum absolute atomic E-state index is 0.124. The summed E-state index contributed by atoms with van der Waals surface area (Å²) in [6.07, 6.45) is 0. The van der Waals surface area contributed by atoms with Gasteiger partial charge in [0, 0.05) is 22.1 Å².